The van der Waals surface area contributed by atoms with Crippen molar-refractivity contribution in [2.24, 2.45) is 5.10 Å². The van der Waals surface area contributed by atoms with Crippen LogP contribution < -0.4 is 23.9 Å². The Morgan fingerprint density at radius 1 is 0.895 bits per heavy atom. The molecule has 0 aliphatic rings. The van der Waals surface area contributed by atoms with Gasteiger partial charge in [0.15, 0.2) is 11.5 Å². The second-order valence-corrected chi connectivity index (χ2v) is 9.89. The van der Waals surface area contributed by atoms with Crippen molar-refractivity contribution in [1.29, 1.82) is 0 Å². The predicted molar refractivity (Wildman–Crippen MR) is 148 cm³/mol. The molecule has 0 aromatic heterocycles. The van der Waals surface area contributed by atoms with Crippen molar-refractivity contribution in [2.75, 3.05) is 30.7 Å². The van der Waals surface area contributed by atoms with Gasteiger partial charge >= 0.3 is 0 Å². The second-order valence-electron chi connectivity index (χ2n) is 8.03. The van der Waals surface area contributed by atoms with E-state index in [2.05, 4.69) is 10.5 Å². The van der Waals surface area contributed by atoms with Crippen molar-refractivity contribution in [1.82, 2.24) is 5.43 Å². The Morgan fingerprint density at radius 2 is 1.61 bits per heavy atom. The van der Waals surface area contributed by atoms with Gasteiger partial charge in [-0.15, -0.1) is 0 Å². The molecule has 0 aliphatic carbocycles. The zero-order valence-corrected chi connectivity index (χ0v) is 22.6. The summed E-state index contributed by atoms with van der Waals surface area (Å²) in [7, 11) is -4.03. The molecule has 202 valence electrons. The first kappa shape index (κ1) is 28.5. The van der Waals surface area contributed by atoms with Gasteiger partial charge in [-0.1, -0.05) is 25.1 Å². The quantitative estimate of drug-likeness (QED) is 0.237. The summed E-state index contributed by atoms with van der Waals surface area (Å²) in [4.78, 5) is 12.9. The van der Waals surface area contributed by atoms with Crippen molar-refractivity contribution in [2.45, 2.75) is 32.1 Å². The number of benzene rings is 3. The third-order valence-electron chi connectivity index (χ3n) is 5.19. The van der Waals surface area contributed by atoms with Crippen molar-refractivity contribution >= 4 is 27.8 Å². The summed E-state index contributed by atoms with van der Waals surface area (Å²) in [6.45, 7) is 6.80. The van der Waals surface area contributed by atoms with Crippen molar-refractivity contribution in [3.8, 4) is 17.2 Å². The zero-order chi connectivity index (χ0) is 27.4. The van der Waals surface area contributed by atoms with Gasteiger partial charge in [-0.05, 0) is 80.4 Å². The van der Waals surface area contributed by atoms with E-state index >= 15 is 0 Å². The molecule has 0 spiro atoms. The van der Waals surface area contributed by atoms with E-state index in [1.165, 1.54) is 18.3 Å². The van der Waals surface area contributed by atoms with Crippen LogP contribution in [0.5, 0.6) is 17.2 Å². The molecule has 10 heteroatoms. The molecule has 3 rings (SSSR count). The number of hydrazone groups is 1. The maximum atomic E-state index is 13.4. The van der Waals surface area contributed by atoms with Crippen LogP contribution in [-0.4, -0.2) is 46.9 Å². The molecule has 0 atom stereocenters. The first-order chi connectivity index (χ1) is 18.4. The molecule has 9 nitrogen and oxygen atoms in total. The summed E-state index contributed by atoms with van der Waals surface area (Å²) in [5.74, 6) is 1.20. The van der Waals surface area contributed by atoms with Crippen molar-refractivity contribution in [3.05, 3.63) is 78.4 Å². The first-order valence-electron chi connectivity index (χ1n) is 12.4. The molecule has 1 amide bonds. The number of amides is 1. The molecule has 0 saturated carbocycles. The van der Waals surface area contributed by atoms with Gasteiger partial charge in [0.05, 0.1) is 36.6 Å². The Kier molecular flexibility index (Phi) is 10.5. The average molecular weight is 540 g/mol. The molecule has 0 heterocycles. The van der Waals surface area contributed by atoms with Gasteiger partial charge in [-0.2, -0.15) is 5.10 Å². The number of carbonyl (C=O) groups is 1. The summed E-state index contributed by atoms with van der Waals surface area (Å²) >= 11 is 0. The fourth-order valence-corrected chi connectivity index (χ4v) is 4.90. The number of carbonyl (C=O) groups excluding carboxylic acids is 1. The molecule has 0 aliphatic heterocycles. The SMILES string of the molecule is CCCOc1ccc(/C=N/NC(=O)CN(c2ccc(OCC)cc2)S(=O)(=O)c2ccccc2)cc1OCC. The zero-order valence-electron chi connectivity index (χ0n) is 21.8. The lowest BCUT2D eigenvalue weighted by atomic mass is 10.2. The maximum Gasteiger partial charge on any atom is 0.264 e. The minimum Gasteiger partial charge on any atom is -0.494 e. The molecule has 0 unspecified atom stereocenters. The number of anilines is 1. The van der Waals surface area contributed by atoms with Gasteiger partial charge in [0, 0.05) is 0 Å². The minimum atomic E-state index is -4.03. The van der Waals surface area contributed by atoms with Crippen LogP contribution in [0.2, 0.25) is 0 Å². The Morgan fingerprint density at radius 3 is 2.26 bits per heavy atom. The van der Waals surface area contributed by atoms with Gasteiger partial charge in [0.1, 0.15) is 12.3 Å². The summed E-state index contributed by atoms with van der Waals surface area (Å²) in [5.41, 5.74) is 3.41. The van der Waals surface area contributed by atoms with Crippen LogP contribution in [-0.2, 0) is 14.8 Å². The average Bonchev–Trinajstić information content (AvgIpc) is 2.92. The third-order valence-corrected chi connectivity index (χ3v) is 6.97. The predicted octanol–water partition coefficient (Wildman–Crippen LogP) is 4.62. The van der Waals surface area contributed by atoms with E-state index in [0.29, 0.717) is 48.3 Å². The van der Waals surface area contributed by atoms with Crippen LogP contribution in [0.3, 0.4) is 0 Å². The molecular weight excluding hydrogens is 506 g/mol. The van der Waals surface area contributed by atoms with Crippen molar-refractivity contribution < 1.29 is 27.4 Å². The fourth-order valence-electron chi connectivity index (χ4n) is 3.46. The largest absolute Gasteiger partial charge is 0.494 e. The standard InChI is InChI=1S/C28H33N3O6S/c1-4-18-37-26-17-12-22(19-27(26)36-6-3)20-29-30-28(32)21-31(23-13-15-24(16-14-23)35-5-2)38(33,34)25-10-8-7-9-11-25/h7-17,19-20H,4-6,18,21H2,1-3H3,(H,30,32)/b29-20+. The minimum absolute atomic E-state index is 0.0685. The van der Waals surface area contributed by atoms with Crippen LogP contribution in [0.25, 0.3) is 0 Å². The molecule has 0 saturated heterocycles. The number of sulfonamides is 1. The van der Waals surface area contributed by atoms with E-state index in [1.54, 1.807) is 60.7 Å². The van der Waals surface area contributed by atoms with E-state index in [4.69, 9.17) is 14.2 Å². The van der Waals surface area contributed by atoms with E-state index in [1.807, 2.05) is 20.8 Å². The third kappa shape index (κ3) is 7.72. The molecule has 0 fully saturated rings. The van der Waals surface area contributed by atoms with E-state index in [9.17, 15) is 13.2 Å². The normalized spacial score (nSPS) is 11.2. The Hall–Kier alpha value is -4.05. The highest BCUT2D eigenvalue weighted by atomic mass is 32.2. The van der Waals surface area contributed by atoms with Gasteiger partial charge in [-0.3, -0.25) is 9.10 Å². The summed E-state index contributed by atoms with van der Waals surface area (Å²) < 4.78 is 44.7. The number of hydrogen-bond acceptors (Lipinski definition) is 7. The number of ether oxygens (including phenoxy) is 3. The van der Waals surface area contributed by atoms with Gasteiger partial charge in [0.25, 0.3) is 15.9 Å². The van der Waals surface area contributed by atoms with Crippen molar-refractivity contribution in [3.63, 3.8) is 0 Å². The van der Waals surface area contributed by atoms with E-state index in [-0.39, 0.29) is 4.90 Å². The van der Waals surface area contributed by atoms with E-state index < -0.39 is 22.5 Å². The number of rotatable bonds is 14. The van der Waals surface area contributed by atoms with Crippen LogP contribution in [0, 0.1) is 0 Å². The lowest BCUT2D eigenvalue weighted by Gasteiger charge is -2.24. The molecule has 1 N–H and O–H groups in total. The van der Waals surface area contributed by atoms with Crippen LogP contribution >= 0.6 is 0 Å². The highest BCUT2D eigenvalue weighted by molar-refractivity contribution is 7.92. The molecule has 38 heavy (non-hydrogen) atoms. The summed E-state index contributed by atoms with van der Waals surface area (Å²) in [6, 6.07) is 19.8. The number of nitrogens with one attached hydrogen (secondary N) is 1. The molecule has 3 aromatic carbocycles. The Balaban J connectivity index is 1.78. The van der Waals surface area contributed by atoms with Crippen LogP contribution in [0.4, 0.5) is 5.69 Å². The van der Waals surface area contributed by atoms with Crippen LogP contribution in [0.1, 0.15) is 32.8 Å². The lowest BCUT2D eigenvalue weighted by molar-refractivity contribution is -0.119. The smallest absolute Gasteiger partial charge is 0.264 e. The topological polar surface area (TPSA) is 107 Å². The first-order valence-corrected chi connectivity index (χ1v) is 13.8. The van der Waals surface area contributed by atoms with Gasteiger partial charge < -0.3 is 14.2 Å². The monoisotopic (exact) mass is 539 g/mol. The Bertz CT molecular complexity index is 1310. The summed E-state index contributed by atoms with van der Waals surface area (Å²) in [5, 5.41) is 4.01. The molecular formula is C28H33N3O6S. The molecule has 3 aromatic rings. The highest BCUT2D eigenvalue weighted by Crippen LogP contribution is 2.28. The van der Waals surface area contributed by atoms with Gasteiger partial charge in [0.2, 0.25) is 0 Å². The molecule has 0 bridgehead atoms. The summed E-state index contributed by atoms with van der Waals surface area (Å²) in [6.07, 6.45) is 2.32. The maximum absolute atomic E-state index is 13.4. The number of hydrogen-bond donors (Lipinski definition) is 1. The van der Waals surface area contributed by atoms with Crippen LogP contribution in [0.15, 0.2) is 82.8 Å². The number of nitrogens with zero attached hydrogens (tertiary/aromatic N) is 2. The molecule has 0 radical (unpaired) electrons. The Labute approximate surface area is 224 Å². The second kappa shape index (κ2) is 14.0. The van der Waals surface area contributed by atoms with E-state index in [0.717, 1.165) is 10.7 Å². The highest BCUT2D eigenvalue weighted by Gasteiger charge is 2.27. The lowest BCUT2D eigenvalue weighted by Crippen LogP contribution is -2.39. The fraction of sp³-hybridized carbons (Fsp3) is 0.286. The van der Waals surface area contributed by atoms with Gasteiger partial charge in [-0.25, -0.2) is 13.8 Å².